The van der Waals surface area contributed by atoms with Crippen molar-refractivity contribution in [3.63, 3.8) is 0 Å². The summed E-state index contributed by atoms with van der Waals surface area (Å²) < 4.78 is 6.49. The Kier molecular flexibility index (Phi) is 4.76. The fourth-order valence-electron chi connectivity index (χ4n) is 2.92. The average Bonchev–Trinajstić information content (AvgIpc) is 3.14. The van der Waals surface area contributed by atoms with Crippen LogP contribution in [0.25, 0.3) is 0 Å². The van der Waals surface area contributed by atoms with Crippen LogP contribution in [0.15, 0.2) is 45.5 Å². The van der Waals surface area contributed by atoms with Gasteiger partial charge in [-0.1, -0.05) is 24.4 Å². The summed E-state index contributed by atoms with van der Waals surface area (Å²) in [5.41, 5.74) is 0.658. The number of thiocarbonyl (C=S) groups is 1. The van der Waals surface area contributed by atoms with E-state index in [4.69, 9.17) is 28.2 Å². The molecule has 0 atom stereocenters. The maximum absolute atomic E-state index is 6.11. The zero-order valence-corrected chi connectivity index (χ0v) is 15.0. The Hall–Kier alpha value is -1.04. The van der Waals surface area contributed by atoms with Gasteiger partial charge in [0.05, 0.1) is 16.8 Å². The van der Waals surface area contributed by atoms with Crippen molar-refractivity contribution in [1.29, 1.82) is 0 Å². The third-order valence-electron chi connectivity index (χ3n) is 3.98. The number of nitrogens with one attached hydrogen (secondary N) is 2. The zero-order chi connectivity index (χ0) is 15.6. The first-order valence-electron chi connectivity index (χ1n) is 7.17. The van der Waals surface area contributed by atoms with Crippen LogP contribution in [-0.2, 0) is 5.54 Å². The second-order valence-corrected chi connectivity index (χ2v) is 7.14. The Morgan fingerprint density at radius 2 is 2.05 bits per heavy atom. The number of halogens is 2. The van der Waals surface area contributed by atoms with Crippen LogP contribution in [-0.4, -0.2) is 5.11 Å². The summed E-state index contributed by atoms with van der Waals surface area (Å²) in [6.07, 6.45) is 6.08. The van der Waals surface area contributed by atoms with Gasteiger partial charge in [-0.2, -0.15) is 0 Å². The minimum Gasteiger partial charge on any atom is -0.467 e. The molecule has 1 aromatic carbocycles. The molecule has 2 N–H and O–H groups in total. The summed E-state index contributed by atoms with van der Waals surface area (Å²) in [5, 5.41) is 7.87. The van der Waals surface area contributed by atoms with E-state index < -0.39 is 0 Å². The summed E-state index contributed by atoms with van der Waals surface area (Å²) in [6, 6.07) is 9.59. The average molecular weight is 400 g/mol. The molecule has 0 spiro atoms. The molecule has 0 amide bonds. The molecular weight excluding hydrogens is 384 g/mol. The Bertz CT molecular complexity index is 669. The lowest BCUT2D eigenvalue weighted by Gasteiger charge is -2.29. The van der Waals surface area contributed by atoms with Gasteiger partial charge in [0.1, 0.15) is 5.76 Å². The zero-order valence-electron chi connectivity index (χ0n) is 11.9. The van der Waals surface area contributed by atoms with Crippen LogP contribution in [0, 0.1) is 0 Å². The molecule has 1 heterocycles. The minimum atomic E-state index is -0.202. The molecule has 2 aromatic rings. The normalized spacial score (nSPS) is 16.5. The maximum Gasteiger partial charge on any atom is 0.171 e. The predicted molar refractivity (Wildman–Crippen MR) is 97.4 cm³/mol. The highest BCUT2D eigenvalue weighted by Crippen LogP contribution is 2.39. The molecule has 1 aromatic heterocycles. The van der Waals surface area contributed by atoms with Gasteiger partial charge in [0.25, 0.3) is 0 Å². The largest absolute Gasteiger partial charge is 0.467 e. The molecular formula is C16H16BrClN2OS. The minimum absolute atomic E-state index is 0.202. The van der Waals surface area contributed by atoms with Gasteiger partial charge in [-0.3, -0.25) is 0 Å². The van der Waals surface area contributed by atoms with E-state index in [2.05, 4.69) is 26.6 Å². The Morgan fingerprint density at radius 1 is 1.27 bits per heavy atom. The van der Waals surface area contributed by atoms with Crippen molar-refractivity contribution in [3.05, 3.63) is 51.9 Å². The highest BCUT2D eigenvalue weighted by molar-refractivity contribution is 9.10. The van der Waals surface area contributed by atoms with Gasteiger partial charge in [-0.25, -0.2) is 0 Å². The second kappa shape index (κ2) is 6.60. The molecule has 1 aliphatic rings. The molecule has 0 unspecified atom stereocenters. The van der Waals surface area contributed by atoms with Crippen molar-refractivity contribution in [2.24, 2.45) is 0 Å². The molecule has 1 aliphatic carbocycles. The van der Waals surface area contributed by atoms with Crippen LogP contribution < -0.4 is 10.6 Å². The molecule has 0 bridgehead atoms. The highest BCUT2D eigenvalue weighted by atomic mass is 79.9. The van der Waals surface area contributed by atoms with Gasteiger partial charge in [-0.15, -0.1) is 0 Å². The first-order valence-corrected chi connectivity index (χ1v) is 8.75. The molecule has 116 valence electrons. The number of benzene rings is 1. The highest BCUT2D eigenvalue weighted by Gasteiger charge is 2.38. The van der Waals surface area contributed by atoms with Crippen molar-refractivity contribution < 1.29 is 4.42 Å². The second-order valence-electron chi connectivity index (χ2n) is 5.47. The van der Waals surface area contributed by atoms with Crippen LogP contribution in [0.3, 0.4) is 0 Å². The Morgan fingerprint density at radius 3 is 2.68 bits per heavy atom. The van der Waals surface area contributed by atoms with E-state index in [0.717, 1.165) is 28.8 Å². The van der Waals surface area contributed by atoms with Gasteiger partial charge in [0.15, 0.2) is 5.11 Å². The number of rotatable bonds is 3. The fraction of sp³-hybridized carbons (Fsp3) is 0.312. The fourth-order valence-corrected chi connectivity index (χ4v) is 3.66. The van der Waals surface area contributed by atoms with Crippen LogP contribution in [0.1, 0.15) is 31.4 Å². The number of furan rings is 1. The number of hydrogen-bond acceptors (Lipinski definition) is 2. The van der Waals surface area contributed by atoms with Crippen LogP contribution in [0.5, 0.6) is 0 Å². The predicted octanol–water partition coefficient (Wildman–Crippen LogP) is 5.45. The lowest BCUT2D eigenvalue weighted by Crippen LogP contribution is -2.45. The SMILES string of the molecule is S=C(Nc1ccc(Br)c(Cl)c1)NC1(c2ccco2)CCCC1. The maximum atomic E-state index is 6.11. The third-order valence-corrected chi connectivity index (χ3v) is 5.42. The summed E-state index contributed by atoms with van der Waals surface area (Å²) in [4.78, 5) is 0. The van der Waals surface area contributed by atoms with Crippen molar-refractivity contribution in [1.82, 2.24) is 5.32 Å². The van der Waals surface area contributed by atoms with Gasteiger partial charge in [0, 0.05) is 10.2 Å². The standard InChI is InChI=1S/C16H16BrClN2OS/c17-12-6-5-11(10-13(12)18)19-15(22)20-16(7-1-2-8-16)14-4-3-9-21-14/h3-6,9-10H,1-2,7-8H2,(H2,19,20,22). The van der Waals surface area contributed by atoms with Gasteiger partial charge < -0.3 is 15.1 Å². The van der Waals surface area contributed by atoms with E-state index >= 15 is 0 Å². The summed E-state index contributed by atoms with van der Waals surface area (Å²) in [5.74, 6) is 0.947. The van der Waals surface area contributed by atoms with E-state index in [0.29, 0.717) is 10.1 Å². The van der Waals surface area contributed by atoms with Crippen LogP contribution in [0.4, 0.5) is 5.69 Å². The summed E-state index contributed by atoms with van der Waals surface area (Å²) in [6.45, 7) is 0. The quantitative estimate of drug-likeness (QED) is 0.673. The first-order chi connectivity index (χ1) is 10.6. The third kappa shape index (κ3) is 3.31. The lowest BCUT2D eigenvalue weighted by molar-refractivity contribution is 0.317. The van der Waals surface area contributed by atoms with E-state index in [-0.39, 0.29) is 5.54 Å². The molecule has 22 heavy (non-hydrogen) atoms. The van der Waals surface area contributed by atoms with Gasteiger partial charge in [0.2, 0.25) is 0 Å². The topological polar surface area (TPSA) is 37.2 Å². The van der Waals surface area contributed by atoms with E-state index in [1.54, 1.807) is 6.26 Å². The van der Waals surface area contributed by atoms with Crippen molar-refractivity contribution in [2.45, 2.75) is 31.2 Å². The van der Waals surface area contributed by atoms with Crippen molar-refractivity contribution in [2.75, 3.05) is 5.32 Å². The molecule has 3 rings (SSSR count). The summed E-state index contributed by atoms with van der Waals surface area (Å²) >= 11 is 15.0. The van der Waals surface area contributed by atoms with E-state index in [1.807, 2.05) is 30.3 Å². The Labute approximate surface area is 148 Å². The van der Waals surface area contributed by atoms with Gasteiger partial charge in [-0.05, 0) is 71.3 Å². The Balaban J connectivity index is 1.73. The summed E-state index contributed by atoms with van der Waals surface area (Å²) in [7, 11) is 0. The molecule has 0 radical (unpaired) electrons. The van der Waals surface area contributed by atoms with E-state index in [9.17, 15) is 0 Å². The molecule has 1 saturated carbocycles. The molecule has 0 aliphatic heterocycles. The molecule has 1 fully saturated rings. The number of anilines is 1. The number of hydrogen-bond donors (Lipinski definition) is 2. The smallest absolute Gasteiger partial charge is 0.171 e. The van der Waals surface area contributed by atoms with Crippen molar-refractivity contribution in [3.8, 4) is 0 Å². The van der Waals surface area contributed by atoms with E-state index in [1.165, 1.54) is 12.8 Å². The molecule has 3 nitrogen and oxygen atoms in total. The molecule has 6 heteroatoms. The lowest BCUT2D eigenvalue weighted by atomic mass is 9.94. The van der Waals surface area contributed by atoms with Gasteiger partial charge >= 0.3 is 0 Å². The van der Waals surface area contributed by atoms with Crippen molar-refractivity contribution >= 4 is 50.5 Å². The van der Waals surface area contributed by atoms with Crippen LogP contribution >= 0.6 is 39.7 Å². The van der Waals surface area contributed by atoms with Crippen LogP contribution in [0.2, 0.25) is 5.02 Å². The first kappa shape index (κ1) is 15.8. The monoisotopic (exact) mass is 398 g/mol. The molecule has 0 saturated heterocycles.